The maximum Gasteiger partial charge on any atom is 0.255 e. The molecule has 2 N–H and O–H groups in total. The van der Waals surface area contributed by atoms with Gasteiger partial charge in [-0.15, -0.1) is 0 Å². The summed E-state index contributed by atoms with van der Waals surface area (Å²) in [7, 11) is 1.54. The monoisotopic (exact) mass is 319 g/mol. The molecular formula is C16H21N3O4. The number of likely N-dealkylation sites (tertiary alicyclic amines) is 1. The summed E-state index contributed by atoms with van der Waals surface area (Å²) in [6.45, 7) is 3.59. The predicted octanol–water partition coefficient (Wildman–Crippen LogP) is 0.363. The van der Waals surface area contributed by atoms with Crippen LogP contribution in [0.1, 0.15) is 22.3 Å². The maximum atomic E-state index is 12.9. The lowest BCUT2D eigenvalue weighted by Crippen LogP contribution is -2.48. The molecule has 2 amide bonds. The third-order valence-electron chi connectivity index (χ3n) is 5.10. The van der Waals surface area contributed by atoms with E-state index in [9.17, 15) is 9.59 Å². The normalized spacial score (nSPS) is 26.7. The minimum atomic E-state index is -0.673. The Bertz CT molecular complexity index is 648. The number of hydrogen-bond acceptors (Lipinski definition) is 5. The number of aromatic nitrogens is 1. The lowest BCUT2D eigenvalue weighted by atomic mass is 9.74. The fraction of sp³-hybridized carbons (Fsp3) is 0.562. The van der Waals surface area contributed by atoms with E-state index in [1.54, 1.807) is 18.2 Å². The summed E-state index contributed by atoms with van der Waals surface area (Å²) in [6, 6.07) is 0. The first kappa shape index (κ1) is 15.7. The molecule has 2 atom stereocenters. The Morgan fingerprint density at radius 2 is 2.26 bits per heavy atom. The van der Waals surface area contributed by atoms with E-state index in [2.05, 4.69) is 4.98 Å². The average molecular weight is 319 g/mol. The minimum Gasteiger partial charge on any atom is -0.495 e. The van der Waals surface area contributed by atoms with Crippen molar-refractivity contribution in [1.29, 1.82) is 0 Å². The average Bonchev–Trinajstić information content (AvgIpc) is 2.95. The van der Waals surface area contributed by atoms with Crippen molar-refractivity contribution in [3.05, 3.63) is 23.5 Å². The number of amides is 2. The molecule has 7 nitrogen and oxygen atoms in total. The molecular weight excluding hydrogens is 298 g/mol. The summed E-state index contributed by atoms with van der Waals surface area (Å²) in [6.07, 6.45) is 3.68. The number of carbonyl (C=O) groups is 2. The molecule has 2 fully saturated rings. The number of nitrogens with zero attached hydrogens (tertiary/aromatic N) is 2. The van der Waals surface area contributed by atoms with E-state index in [-0.39, 0.29) is 17.7 Å². The van der Waals surface area contributed by atoms with Crippen LogP contribution in [0, 0.1) is 18.3 Å². The van der Waals surface area contributed by atoms with E-state index in [0.29, 0.717) is 44.0 Å². The van der Waals surface area contributed by atoms with E-state index >= 15 is 0 Å². The van der Waals surface area contributed by atoms with Gasteiger partial charge in [-0.2, -0.15) is 0 Å². The van der Waals surface area contributed by atoms with E-state index in [1.807, 2.05) is 6.92 Å². The quantitative estimate of drug-likeness (QED) is 0.868. The minimum absolute atomic E-state index is 0.0448. The molecule has 3 heterocycles. The van der Waals surface area contributed by atoms with Crippen LogP contribution in [0.2, 0.25) is 0 Å². The summed E-state index contributed by atoms with van der Waals surface area (Å²) in [4.78, 5) is 30.7. The second-order valence-corrected chi connectivity index (χ2v) is 6.24. The van der Waals surface area contributed by atoms with Gasteiger partial charge in [-0.1, -0.05) is 0 Å². The van der Waals surface area contributed by atoms with Crippen LogP contribution < -0.4 is 10.5 Å². The smallest absolute Gasteiger partial charge is 0.255 e. The topological polar surface area (TPSA) is 94.8 Å². The fourth-order valence-corrected chi connectivity index (χ4v) is 3.60. The second kappa shape index (κ2) is 5.81. The molecule has 1 aromatic heterocycles. The first-order valence-electron chi connectivity index (χ1n) is 7.65. The largest absolute Gasteiger partial charge is 0.495 e. The van der Waals surface area contributed by atoms with Crippen molar-refractivity contribution in [3.8, 4) is 5.75 Å². The Labute approximate surface area is 134 Å². The highest BCUT2D eigenvalue weighted by molar-refractivity contribution is 5.97. The van der Waals surface area contributed by atoms with Crippen LogP contribution in [0.5, 0.6) is 5.75 Å². The molecule has 0 unspecified atom stereocenters. The first-order valence-corrected chi connectivity index (χ1v) is 7.65. The van der Waals surface area contributed by atoms with Gasteiger partial charge in [0.15, 0.2) is 0 Å². The molecule has 1 aromatic rings. The number of fused-ring (bicyclic) bond motifs is 1. The number of rotatable bonds is 3. The van der Waals surface area contributed by atoms with Crippen molar-refractivity contribution in [2.45, 2.75) is 13.3 Å². The number of methoxy groups -OCH3 is 1. The van der Waals surface area contributed by atoms with Gasteiger partial charge >= 0.3 is 0 Å². The molecule has 0 aromatic carbocycles. The Balaban J connectivity index is 1.89. The van der Waals surface area contributed by atoms with Crippen LogP contribution >= 0.6 is 0 Å². The Kier molecular flexibility index (Phi) is 3.97. The summed E-state index contributed by atoms with van der Waals surface area (Å²) >= 11 is 0. The summed E-state index contributed by atoms with van der Waals surface area (Å²) in [5.41, 5.74) is 6.21. The van der Waals surface area contributed by atoms with Crippen molar-refractivity contribution >= 4 is 11.8 Å². The van der Waals surface area contributed by atoms with Crippen molar-refractivity contribution in [2.24, 2.45) is 17.1 Å². The zero-order valence-electron chi connectivity index (χ0n) is 13.4. The van der Waals surface area contributed by atoms with Crippen LogP contribution in [-0.2, 0) is 9.53 Å². The van der Waals surface area contributed by atoms with Crippen molar-refractivity contribution in [2.75, 3.05) is 33.4 Å². The molecule has 2 saturated heterocycles. The Morgan fingerprint density at radius 1 is 1.48 bits per heavy atom. The lowest BCUT2D eigenvalue weighted by molar-refractivity contribution is -0.135. The lowest BCUT2D eigenvalue weighted by Gasteiger charge is -2.34. The van der Waals surface area contributed by atoms with E-state index < -0.39 is 5.41 Å². The molecule has 2 aliphatic heterocycles. The van der Waals surface area contributed by atoms with E-state index in [1.165, 1.54) is 6.20 Å². The predicted molar refractivity (Wildman–Crippen MR) is 82.0 cm³/mol. The number of pyridine rings is 1. The van der Waals surface area contributed by atoms with Crippen molar-refractivity contribution in [3.63, 3.8) is 0 Å². The van der Waals surface area contributed by atoms with Crippen LogP contribution in [0.15, 0.2) is 12.4 Å². The Morgan fingerprint density at radius 3 is 2.91 bits per heavy atom. The molecule has 0 aliphatic carbocycles. The van der Waals surface area contributed by atoms with Gasteiger partial charge in [0.1, 0.15) is 5.75 Å². The van der Waals surface area contributed by atoms with E-state index in [4.69, 9.17) is 15.2 Å². The van der Waals surface area contributed by atoms with Gasteiger partial charge < -0.3 is 20.1 Å². The van der Waals surface area contributed by atoms with Gasteiger partial charge in [0.25, 0.3) is 5.91 Å². The summed E-state index contributed by atoms with van der Waals surface area (Å²) < 4.78 is 10.7. The number of carbonyl (C=O) groups excluding carboxylic acids is 2. The van der Waals surface area contributed by atoms with Crippen molar-refractivity contribution < 1.29 is 19.1 Å². The highest BCUT2D eigenvalue weighted by atomic mass is 16.5. The highest BCUT2D eigenvalue weighted by Gasteiger charge is 2.53. The number of ether oxygens (including phenoxy) is 2. The van der Waals surface area contributed by atoms with Crippen LogP contribution in [0.25, 0.3) is 0 Å². The number of primary amides is 1. The number of hydrogen-bond donors (Lipinski definition) is 1. The standard InChI is InChI=1S/C16H21N3O4/c1-10-12(5-18-6-13(10)22-2)14(20)19-7-11-8-23-4-3-16(11,9-19)15(17)21/h5-6,11H,3-4,7-9H2,1-2H3,(H2,17,21)/t11-,16+/m1/s1. The third kappa shape index (κ3) is 2.45. The number of nitrogens with two attached hydrogens (primary N) is 1. The fourth-order valence-electron chi connectivity index (χ4n) is 3.60. The van der Waals surface area contributed by atoms with E-state index in [0.717, 1.165) is 5.56 Å². The molecule has 3 rings (SSSR count). The zero-order valence-corrected chi connectivity index (χ0v) is 13.4. The highest BCUT2D eigenvalue weighted by Crippen LogP contribution is 2.42. The molecule has 23 heavy (non-hydrogen) atoms. The Hall–Kier alpha value is -2.15. The van der Waals surface area contributed by atoms with Crippen molar-refractivity contribution in [1.82, 2.24) is 9.88 Å². The molecule has 2 aliphatic rings. The molecule has 124 valence electrons. The third-order valence-corrected chi connectivity index (χ3v) is 5.10. The van der Waals surface area contributed by atoms with Crippen LogP contribution in [0.3, 0.4) is 0 Å². The van der Waals surface area contributed by atoms with Gasteiger partial charge in [-0.05, 0) is 13.3 Å². The van der Waals surface area contributed by atoms with Gasteiger partial charge in [0, 0.05) is 37.4 Å². The first-order chi connectivity index (χ1) is 11.0. The van der Waals surface area contributed by atoms with Gasteiger partial charge in [-0.3, -0.25) is 14.6 Å². The second-order valence-electron chi connectivity index (χ2n) is 6.24. The molecule has 0 radical (unpaired) electrons. The summed E-state index contributed by atoms with van der Waals surface area (Å²) in [5, 5.41) is 0. The summed E-state index contributed by atoms with van der Waals surface area (Å²) in [5.74, 6) is 0.0301. The zero-order chi connectivity index (χ0) is 16.6. The van der Waals surface area contributed by atoms with Crippen LogP contribution in [0.4, 0.5) is 0 Å². The van der Waals surface area contributed by atoms with Crippen LogP contribution in [-0.4, -0.2) is 55.1 Å². The van der Waals surface area contributed by atoms with Gasteiger partial charge in [0.2, 0.25) is 5.91 Å². The molecule has 7 heteroatoms. The molecule has 0 spiro atoms. The SMILES string of the molecule is COc1cncc(C(=O)N2C[C@@H]3COCC[C@]3(C(N)=O)C2)c1C. The van der Waals surface area contributed by atoms with Gasteiger partial charge in [0.05, 0.1) is 30.9 Å². The van der Waals surface area contributed by atoms with Gasteiger partial charge in [-0.25, -0.2) is 0 Å². The molecule has 0 saturated carbocycles. The molecule has 0 bridgehead atoms. The maximum absolute atomic E-state index is 12.9.